The van der Waals surface area contributed by atoms with Crippen LogP contribution in [0.15, 0.2) is 72.3 Å². The normalized spacial score (nSPS) is 17.9. The molecule has 0 aromatic heterocycles. The summed E-state index contributed by atoms with van der Waals surface area (Å²) in [5.41, 5.74) is 0.766. The van der Waals surface area contributed by atoms with Crippen LogP contribution in [0, 0.1) is 24.4 Å². The fourth-order valence-electron chi connectivity index (χ4n) is 3.61. The minimum Gasteiger partial charge on any atom is -0.507 e. The second-order valence-corrected chi connectivity index (χ2v) is 7.16. The lowest BCUT2D eigenvalue weighted by molar-refractivity contribution is -0.132. The molecule has 0 aliphatic carbocycles. The van der Waals surface area contributed by atoms with Gasteiger partial charge in [0.2, 0.25) is 0 Å². The third-order valence-corrected chi connectivity index (χ3v) is 5.17. The van der Waals surface area contributed by atoms with E-state index in [-0.39, 0.29) is 22.4 Å². The van der Waals surface area contributed by atoms with Crippen molar-refractivity contribution in [1.29, 1.82) is 0 Å². The number of Topliss-reactive ketones (excluding diaryl/α,β-unsaturated/α-hetero) is 1. The van der Waals surface area contributed by atoms with E-state index in [0.717, 1.165) is 23.1 Å². The van der Waals surface area contributed by atoms with E-state index in [1.54, 1.807) is 0 Å². The number of halogens is 3. The van der Waals surface area contributed by atoms with Crippen molar-refractivity contribution >= 4 is 23.1 Å². The number of carbonyl (C=O) groups is 2. The van der Waals surface area contributed by atoms with E-state index in [2.05, 4.69) is 0 Å². The summed E-state index contributed by atoms with van der Waals surface area (Å²) in [5.74, 6) is -3.91. The maximum absolute atomic E-state index is 13.7. The first-order valence-electron chi connectivity index (χ1n) is 9.36. The zero-order valence-corrected chi connectivity index (χ0v) is 16.3. The Bertz CT molecular complexity index is 1220. The van der Waals surface area contributed by atoms with Crippen molar-refractivity contribution in [1.82, 2.24) is 0 Å². The smallest absolute Gasteiger partial charge is 0.300 e. The summed E-state index contributed by atoms with van der Waals surface area (Å²) in [6, 6.07) is 12.8. The summed E-state index contributed by atoms with van der Waals surface area (Å²) >= 11 is 0. The molecule has 1 fully saturated rings. The van der Waals surface area contributed by atoms with Gasteiger partial charge in [0.1, 0.15) is 23.2 Å². The monoisotopic (exact) mass is 423 g/mol. The van der Waals surface area contributed by atoms with E-state index in [1.165, 1.54) is 55.5 Å². The van der Waals surface area contributed by atoms with Crippen molar-refractivity contribution in [2.24, 2.45) is 0 Å². The van der Waals surface area contributed by atoms with Gasteiger partial charge >= 0.3 is 0 Å². The summed E-state index contributed by atoms with van der Waals surface area (Å²) in [6.07, 6.45) is 0. The second-order valence-electron chi connectivity index (χ2n) is 7.16. The Morgan fingerprint density at radius 3 is 2.03 bits per heavy atom. The molecule has 1 saturated heterocycles. The Morgan fingerprint density at radius 2 is 1.45 bits per heavy atom. The molecule has 0 spiro atoms. The standard InChI is InChI=1S/C24H16F3NO3/c1-13-12-15(4-11-19(13)27)22(29)20-21(14-2-5-16(25)6-3-14)28(24(31)23(20)30)18-9-7-17(26)8-10-18/h2-12,21,29H,1H3/b22-20-. The molecule has 31 heavy (non-hydrogen) atoms. The van der Waals surface area contributed by atoms with E-state index < -0.39 is 40.9 Å². The first-order valence-corrected chi connectivity index (χ1v) is 9.36. The average molecular weight is 423 g/mol. The molecule has 1 unspecified atom stereocenters. The number of hydrogen-bond acceptors (Lipinski definition) is 3. The molecule has 3 aromatic carbocycles. The molecule has 1 heterocycles. The van der Waals surface area contributed by atoms with Gasteiger partial charge in [-0.1, -0.05) is 12.1 Å². The highest BCUT2D eigenvalue weighted by Crippen LogP contribution is 2.42. The van der Waals surface area contributed by atoms with Gasteiger partial charge in [0.25, 0.3) is 11.7 Å². The van der Waals surface area contributed by atoms with Crippen molar-refractivity contribution in [2.45, 2.75) is 13.0 Å². The molecule has 0 saturated carbocycles. The van der Waals surface area contributed by atoms with Crippen LogP contribution < -0.4 is 4.90 Å². The third-order valence-electron chi connectivity index (χ3n) is 5.17. The molecule has 1 amide bonds. The lowest BCUT2D eigenvalue weighted by atomic mass is 9.94. The molecule has 156 valence electrons. The van der Waals surface area contributed by atoms with Gasteiger partial charge in [0, 0.05) is 11.3 Å². The van der Waals surface area contributed by atoms with Crippen LogP contribution in [0.2, 0.25) is 0 Å². The summed E-state index contributed by atoms with van der Waals surface area (Å²) in [7, 11) is 0. The van der Waals surface area contributed by atoms with Gasteiger partial charge in [-0.3, -0.25) is 14.5 Å². The SMILES string of the molecule is Cc1cc(/C(O)=C2/C(=O)C(=O)N(c3ccc(F)cc3)C2c2ccc(F)cc2)ccc1F. The van der Waals surface area contributed by atoms with Crippen molar-refractivity contribution in [2.75, 3.05) is 4.90 Å². The lowest BCUT2D eigenvalue weighted by Crippen LogP contribution is -2.29. The molecule has 7 heteroatoms. The molecular weight excluding hydrogens is 407 g/mol. The summed E-state index contributed by atoms with van der Waals surface area (Å²) in [4.78, 5) is 27.0. The van der Waals surface area contributed by atoms with Crippen LogP contribution in [0.25, 0.3) is 5.76 Å². The van der Waals surface area contributed by atoms with Gasteiger partial charge in [-0.2, -0.15) is 0 Å². The van der Waals surface area contributed by atoms with E-state index in [1.807, 2.05) is 0 Å². The zero-order valence-electron chi connectivity index (χ0n) is 16.3. The maximum atomic E-state index is 13.7. The number of nitrogens with zero attached hydrogens (tertiary/aromatic N) is 1. The van der Waals surface area contributed by atoms with Gasteiger partial charge in [-0.05, 0) is 72.6 Å². The number of benzene rings is 3. The number of aryl methyl sites for hydroxylation is 1. The Balaban J connectivity index is 1.94. The highest BCUT2D eigenvalue weighted by Gasteiger charge is 2.47. The van der Waals surface area contributed by atoms with Gasteiger partial charge in [0.15, 0.2) is 0 Å². The highest BCUT2D eigenvalue weighted by atomic mass is 19.1. The van der Waals surface area contributed by atoms with E-state index in [9.17, 15) is 27.9 Å². The molecule has 0 bridgehead atoms. The molecule has 4 rings (SSSR count). The van der Waals surface area contributed by atoms with Crippen LogP contribution in [0.3, 0.4) is 0 Å². The molecular formula is C24H16F3NO3. The molecule has 0 radical (unpaired) electrons. The van der Waals surface area contributed by atoms with Crippen LogP contribution in [0.4, 0.5) is 18.9 Å². The van der Waals surface area contributed by atoms with E-state index >= 15 is 0 Å². The number of aliphatic hydroxyl groups excluding tert-OH is 1. The predicted molar refractivity (Wildman–Crippen MR) is 109 cm³/mol. The molecule has 1 aliphatic rings. The lowest BCUT2D eigenvalue weighted by Gasteiger charge is -2.25. The molecule has 4 nitrogen and oxygen atoms in total. The molecule has 1 aliphatic heterocycles. The zero-order chi connectivity index (χ0) is 22.3. The molecule has 1 N–H and O–H groups in total. The number of carbonyl (C=O) groups excluding carboxylic acids is 2. The largest absolute Gasteiger partial charge is 0.507 e. The highest BCUT2D eigenvalue weighted by molar-refractivity contribution is 6.51. The number of hydrogen-bond donors (Lipinski definition) is 1. The molecule has 3 aromatic rings. The van der Waals surface area contributed by atoms with Gasteiger partial charge in [-0.25, -0.2) is 13.2 Å². The van der Waals surface area contributed by atoms with Gasteiger partial charge in [0.05, 0.1) is 11.6 Å². The fraction of sp³-hybridized carbons (Fsp3) is 0.0833. The predicted octanol–water partition coefficient (Wildman–Crippen LogP) is 5.04. The first-order chi connectivity index (χ1) is 14.8. The van der Waals surface area contributed by atoms with Crippen LogP contribution in [0.5, 0.6) is 0 Å². The first kappa shape index (κ1) is 20.4. The number of anilines is 1. The second kappa shape index (κ2) is 7.75. The quantitative estimate of drug-likeness (QED) is 0.365. The molecule has 1 atom stereocenters. The third kappa shape index (κ3) is 3.59. The van der Waals surface area contributed by atoms with Crippen molar-refractivity contribution < 1.29 is 27.9 Å². The number of aliphatic hydroxyl groups is 1. The van der Waals surface area contributed by atoms with Crippen LogP contribution in [-0.2, 0) is 9.59 Å². The van der Waals surface area contributed by atoms with Crippen LogP contribution in [0.1, 0.15) is 22.7 Å². The fourth-order valence-corrected chi connectivity index (χ4v) is 3.61. The Morgan fingerprint density at radius 1 is 0.871 bits per heavy atom. The van der Waals surface area contributed by atoms with Gasteiger partial charge in [-0.15, -0.1) is 0 Å². The topological polar surface area (TPSA) is 57.6 Å². The number of rotatable bonds is 3. The minimum absolute atomic E-state index is 0.156. The van der Waals surface area contributed by atoms with Crippen molar-refractivity contribution in [3.05, 3.63) is 106 Å². The Labute approximate surface area is 175 Å². The minimum atomic E-state index is -1.09. The van der Waals surface area contributed by atoms with E-state index in [0.29, 0.717) is 5.56 Å². The number of ketones is 1. The summed E-state index contributed by atoms with van der Waals surface area (Å²) in [6.45, 7) is 1.50. The Hall–Kier alpha value is -3.87. The number of amides is 1. The van der Waals surface area contributed by atoms with E-state index in [4.69, 9.17) is 0 Å². The summed E-state index contributed by atoms with van der Waals surface area (Å²) < 4.78 is 40.6. The average Bonchev–Trinajstić information content (AvgIpc) is 3.01. The maximum Gasteiger partial charge on any atom is 0.300 e. The van der Waals surface area contributed by atoms with Crippen LogP contribution >= 0.6 is 0 Å². The van der Waals surface area contributed by atoms with Gasteiger partial charge < -0.3 is 5.11 Å². The van der Waals surface area contributed by atoms with Crippen molar-refractivity contribution in [3.8, 4) is 0 Å². The summed E-state index contributed by atoms with van der Waals surface area (Å²) in [5, 5.41) is 10.9. The Kier molecular flexibility index (Phi) is 5.10. The van der Waals surface area contributed by atoms with Crippen molar-refractivity contribution in [3.63, 3.8) is 0 Å². The van der Waals surface area contributed by atoms with Crippen LogP contribution in [-0.4, -0.2) is 16.8 Å².